The Morgan fingerprint density at radius 1 is 1.36 bits per heavy atom. The van der Waals surface area contributed by atoms with Crippen LogP contribution < -0.4 is 5.32 Å². The number of nitrogens with one attached hydrogen (secondary N) is 2. The van der Waals surface area contributed by atoms with Crippen molar-refractivity contribution >= 4 is 22.9 Å². The van der Waals surface area contributed by atoms with Crippen LogP contribution in [0.1, 0.15) is 29.9 Å². The van der Waals surface area contributed by atoms with Crippen LogP contribution in [0.4, 0.5) is 10.6 Å². The largest absolute Gasteiger partial charge is 0.465 e. The smallest absolute Gasteiger partial charge is 0.407 e. The summed E-state index contributed by atoms with van der Waals surface area (Å²) in [6.45, 7) is 0.435. The number of benzene rings is 1. The lowest BCUT2D eigenvalue weighted by Gasteiger charge is -2.31. The van der Waals surface area contributed by atoms with Gasteiger partial charge in [-0.3, -0.25) is 10.00 Å². The van der Waals surface area contributed by atoms with Crippen molar-refractivity contribution in [3.05, 3.63) is 46.8 Å². The molecule has 2 unspecified atom stereocenters. The van der Waals surface area contributed by atoms with E-state index in [1.165, 1.54) is 4.90 Å². The number of amides is 1. The minimum atomic E-state index is -0.999. The van der Waals surface area contributed by atoms with Crippen molar-refractivity contribution in [3.63, 3.8) is 0 Å². The topological polar surface area (TPSA) is 144 Å². The molecule has 2 aliphatic rings. The molecule has 2 aliphatic heterocycles. The van der Waals surface area contributed by atoms with Gasteiger partial charge in [-0.2, -0.15) is 10.4 Å². The Balaban J connectivity index is 1.73. The van der Waals surface area contributed by atoms with Gasteiger partial charge in [0.25, 0.3) is 0 Å². The predicted octanol–water partition coefficient (Wildman–Crippen LogP) is 2.42. The molecule has 28 heavy (non-hydrogen) atoms. The molecule has 0 saturated carbocycles. The Bertz CT molecular complexity index is 1160. The number of carboxylic acid groups (broad SMARTS) is 1. The van der Waals surface area contributed by atoms with Crippen LogP contribution >= 0.6 is 0 Å². The normalized spacial score (nSPS) is 21.5. The molecule has 5 rings (SSSR count). The zero-order chi connectivity index (χ0) is 19.3. The van der Waals surface area contributed by atoms with E-state index in [1.807, 2.05) is 12.1 Å². The Morgan fingerprint density at radius 3 is 3.07 bits per heavy atom. The monoisotopic (exact) mass is 377 g/mol. The maximum atomic E-state index is 11.7. The number of fused-ring (bicyclic) bond motifs is 2. The van der Waals surface area contributed by atoms with Crippen LogP contribution in [0.25, 0.3) is 11.0 Å². The van der Waals surface area contributed by atoms with Crippen molar-refractivity contribution < 1.29 is 14.5 Å². The minimum Gasteiger partial charge on any atom is -0.465 e. The van der Waals surface area contributed by atoms with Crippen molar-refractivity contribution in [2.24, 2.45) is 0 Å². The summed E-state index contributed by atoms with van der Waals surface area (Å²) in [6, 6.07) is 7.37. The molecule has 3 aromatic rings. The predicted molar refractivity (Wildman–Crippen MR) is 96.2 cm³/mol. The highest BCUT2D eigenvalue weighted by atomic mass is 16.6. The van der Waals surface area contributed by atoms with Crippen molar-refractivity contribution in [1.29, 1.82) is 5.26 Å². The summed E-state index contributed by atoms with van der Waals surface area (Å²) >= 11 is 0. The summed E-state index contributed by atoms with van der Waals surface area (Å²) in [6.07, 6.45) is 2.11. The Kier molecular flexibility index (Phi) is 3.55. The first-order valence-electron chi connectivity index (χ1n) is 8.84. The molecule has 0 bridgehead atoms. The number of aromatic amines is 1. The number of H-pyrrole nitrogens is 1. The SMILES string of the molecule is N#CC1=C(C2CCCN2C(=O)O)Nc2n[nH]cc2C1c1cccc2nonc12. The second-order valence-electron chi connectivity index (χ2n) is 6.80. The lowest BCUT2D eigenvalue weighted by molar-refractivity contribution is 0.145. The molecule has 1 amide bonds. The van der Waals surface area contributed by atoms with E-state index >= 15 is 0 Å². The second-order valence-corrected chi connectivity index (χ2v) is 6.80. The standard InChI is InChI=1S/C18H15N7O3/c19-7-10-14(9-3-1-4-12-15(9)24-28-23-12)11-8-20-22-17(11)21-16(10)13-5-2-6-25(13)18(26)27/h1,3-4,8,13-14H,2,5-6H2,(H,26,27)(H2,20,21,22). The summed E-state index contributed by atoms with van der Waals surface area (Å²) in [4.78, 5) is 13.0. The lowest BCUT2D eigenvalue weighted by Crippen LogP contribution is -2.39. The number of hydrogen-bond donors (Lipinski definition) is 3. The number of hydrogen-bond acceptors (Lipinski definition) is 7. The number of allylic oxidation sites excluding steroid dienone is 1. The molecular formula is C18H15N7O3. The summed E-state index contributed by atoms with van der Waals surface area (Å²) in [5.41, 5.74) is 3.72. The van der Waals surface area contributed by atoms with Crippen LogP contribution in [-0.4, -0.2) is 49.2 Å². The van der Waals surface area contributed by atoms with Crippen LogP contribution in [0.5, 0.6) is 0 Å². The lowest BCUT2D eigenvalue weighted by atomic mass is 9.81. The molecule has 3 N–H and O–H groups in total. The van der Waals surface area contributed by atoms with E-state index in [9.17, 15) is 15.2 Å². The van der Waals surface area contributed by atoms with Crippen LogP contribution in [-0.2, 0) is 0 Å². The Morgan fingerprint density at radius 2 is 2.25 bits per heavy atom. The van der Waals surface area contributed by atoms with E-state index in [1.54, 1.807) is 12.3 Å². The van der Waals surface area contributed by atoms with E-state index in [-0.39, 0.29) is 0 Å². The number of anilines is 1. The van der Waals surface area contributed by atoms with E-state index in [4.69, 9.17) is 4.63 Å². The summed E-state index contributed by atoms with van der Waals surface area (Å²) in [5.74, 6) is 0.117. The third-order valence-corrected chi connectivity index (χ3v) is 5.39. The van der Waals surface area contributed by atoms with Gasteiger partial charge in [-0.1, -0.05) is 12.1 Å². The molecule has 1 saturated heterocycles. The van der Waals surface area contributed by atoms with E-state index in [2.05, 4.69) is 31.9 Å². The summed E-state index contributed by atoms with van der Waals surface area (Å²) in [7, 11) is 0. The first-order valence-corrected chi connectivity index (χ1v) is 8.84. The molecule has 2 atom stereocenters. The molecule has 10 nitrogen and oxygen atoms in total. The van der Waals surface area contributed by atoms with Crippen LogP contribution in [0.2, 0.25) is 0 Å². The maximum absolute atomic E-state index is 11.7. The fourth-order valence-electron chi connectivity index (χ4n) is 4.19. The molecule has 0 radical (unpaired) electrons. The highest BCUT2D eigenvalue weighted by Gasteiger charge is 2.40. The zero-order valence-corrected chi connectivity index (χ0v) is 14.6. The Labute approximate surface area is 158 Å². The van der Waals surface area contributed by atoms with E-state index in [0.717, 1.165) is 17.5 Å². The van der Waals surface area contributed by atoms with Crippen molar-refractivity contribution in [1.82, 2.24) is 25.4 Å². The quantitative estimate of drug-likeness (QED) is 0.617. The molecule has 10 heteroatoms. The second kappa shape index (κ2) is 6.09. The number of aromatic nitrogens is 4. The third kappa shape index (κ3) is 2.26. The number of rotatable bonds is 2. The molecule has 0 spiro atoms. The average molecular weight is 377 g/mol. The van der Waals surface area contributed by atoms with Gasteiger partial charge in [-0.25, -0.2) is 9.42 Å². The fourth-order valence-corrected chi connectivity index (χ4v) is 4.19. The van der Waals surface area contributed by atoms with Crippen LogP contribution in [0, 0.1) is 11.3 Å². The number of nitriles is 1. The minimum absolute atomic E-state index is 0.422. The molecule has 4 heterocycles. The van der Waals surface area contributed by atoms with Crippen LogP contribution in [0.3, 0.4) is 0 Å². The van der Waals surface area contributed by atoms with Gasteiger partial charge in [0.05, 0.1) is 29.3 Å². The van der Waals surface area contributed by atoms with Crippen molar-refractivity contribution in [2.75, 3.05) is 11.9 Å². The van der Waals surface area contributed by atoms with Crippen molar-refractivity contribution in [3.8, 4) is 6.07 Å². The Hall–Kier alpha value is -3.87. The van der Waals surface area contributed by atoms with Gasteiger partial charge in [0.1, 0.15) is 11.0 Å². The fraction of sp³-hybridized carbons (Fsp3) is 0.278. The number of nitrogens with zero attached hydrogens (tertiary/aromatic N) is 5. The molecule has 2 aromatic heterocycles. The van der Waals surface area contributed by atoms with Gasteiger partial charge in [0.15, 0.2) is 5.82 Å². The number of carbonyl (C=O) groups is 1. The van der Waals surface area contributed by atoms with Gasteiger partial charge >= 0.3 is 6.09 Å². The molecule has 1 aromatic carbocycles. The van der Waals surface area contributed by atoms with Crippen LogP contribution in [0.15, 0.2) is 40.3 Å². The molecule has 140 valence electrons. The summed E-state index contributed by atoms with van der Waals surface area (Å²) in [5, 5.41) is 37.8. The van der Waals surface area contributed by atoms with Gasteiger partial charge in [-0.15, -0.1) is 0 Å². The van der Waals surface area contributed by atoms with E-state index < -0.39 is 18.1 Å². The first-order chi connectivity index (χ1) is 13.7. The number of likely N-dealkylation sites (tertiary alicyclic amines) is 1. The molecule has 1 fully saturated rings. The molecular weight excluding hydrogens is 362 g/mol. The van der Waals surface area contributed by atoms with Gasteiger partial charge in [0.2, 0.25) is 0 Å². The van der Waals surface area contributed by atoms with Gasteiger partial charge in [0, 0.05) is 18.3 Å². The average Bonchev–Trinajstić information content (AvgIpc) is 3.45. The first kappa shape index (κ1) is 16.3. The van der Waals surface area contributed by atoms with Gasteiger partial charge in [-0.05, 0) is 34.8 Å². The summed E-state index contributed by atoms with van der Waals surface area (Å²) < 4.78 is 4.89. The van der Waals surface area contributed by atoms with E-state index in [0.29, 0.717) is 41.1 Å². The van der Waals surface area contributed by atoms with Crippen molar-refractivity contribution in [2.45, 2.75) is 24.8 Å². The zero-order valence-electron chi connectivity index (χ0n) is 14.6. The maximum Gasteiger partial charge on any atom is 0.407 e. The van der Waals surface area contributed by atoms with Gasteiger partial charge < -0.3 is 10.4 Å². The molecule has 0 aliphatic carbocycles. The highest BCUT2D eigenvalue weighted by molar-refractivity contribution is 5.81. The highest BCUT2D eigenvalue weighted by Crippen LogP contribution is 2.44. The third-order valence-electron chi connectivity index (χ3n) is 5.39.